The number of nitrogens with zero attached hydrogens (tertiary/aromatic N) is 2. The molecule has 0 spiro atoms. The van der Waals surface area contributed by atoms with Gasteiger partial charge in [0.2, 0.25) is 0 Å². The van der Waals surface area contributed by atoms with E-state index in [1.807, 2.05) is 6.07 Å². The second-order valence-electron chi connectivity index (χ2n) is 11.4. The molecule has 18 nitrogen and oxygen atoms in total. The quantitative estimate of drug-likeness (QED) is 0.225. The predicted molar refractivity (Wildman–Crippen MR) is 160 cm³/mol. The Morgan fingerprint density at radius 2 is 1.12 bits per heavy atom. The largest absolute Gasteiger partial charge is 0.463 e. The molecule has 2 aliphatic rings. The van der Waals surface area contributed by atoms with E-state index in [0.717, 1.165) is 48.5 Å². The number of aromatic nitrogens is 1. The smallest absolute Gasteiger partial charge is 0.303 e. The first-order valence-electron chi connectivity index (χ1n) is 15.3. The van der Waals surface area contributed by atoms with Gasteiger partial charge in [0.1, 0.15) is 43.7 Å². The van der Waals surface area contributed by atoms with Crippen LogP contribution in [0.4, 0.5) is 0 Å². The van der Waals surface area contributed by atoms with Crippen molar-refractivity contribution in [2.75, 3.05) is 13.2 Å². The summed E-state index contributed by atoms with van der Waals surface area (Å²) in [4.78, 5) is 90.7. The van der Waals surface area contributed by atoms with E-state index in [1.165, 1.54) is 18.3 Å². The van der Waals surface area contributed by atoms with Crippen molar-refractivity contribution >= 4 is 41.8 Å². The van der Waals surface area contributed by atoms with E-state index in [4.69, 9.17) is 42.6 Å². The minimum Gasteiger partial charge on any atom is -0.463 e. The van der Waals surface area contributed by atoms with Crippen molar-refractivity contribution in [3.8, 4) is 6.07 Å². The number of rotatable bonds is 11. The lowest BCUT2D eigenvalue weighted by Gasteiger charge is -2.52. The van der Waals surface area contributed by atoms with Crippen LogP contribution in [0.15, 0.2) is 18.3 Å². The van der Waals surface area contributed by atoms with Crippen molar-refractivity contribution in [1.82, 2.24) is 4.98 Å². The molecule has 1 aromatic rings. The number of carbonyl (C=O) groups excluding carboxylic acids is 7. The van der Waals surface area contributed by atoms with Crippen molar-refractivity contribution in [2.24, 2.45) is 5.92 Å². The molecule has 3 rings (SSSR count). The molecule has 10 atom stereocenters. The molecule has 0 N–H and O–H groups in total. The average molecular weight is 707 g/mol. The molecule has 0 radical (unpaired) electrons. The number of hydrogen-bond acceptors (Lipinski definition) is 18. The van der Waals surface area contributed by atoms with Crippen LogP contribution < -0.4 is 0 Å². The summed E-state index contributed by atoms with van der Waals surface area (Å²) in [5.74, 6) is -7.31. The highest BCUT2D eigenvalue weighted by Crippen LogP contribution is 2.44. The number of carbonyl (C=O) groups is 7. The molecule has 0 saturated carbocycles. The van der Waals surface area contributed by atoms with Gasteiger partial charge < -0.3 is 42.6 Å². The zero-order valence-corrected chi connectivity index (χ0v) is 28.3. The zero-order valence-electron chi connectivity index (χ0n) is 28.3. The van der Waals surface area contributed by atoms with Crippen molar-refractivity contribution in [1.29, 1.82) is 5.26 Å². The zero-order chi connectivity index (χ0) is 37.3. The first-order chi connectivity index (χ1) is 23.5. The Balaban J connectivity index is 2.33. The fourth-order valence-electron chi connectivity index (χ4n) is 5.85. The summed E-state index contributed by atoms with van der Waals surface area (Å²) in [5.41, 5.74) is 0.225. The highest BCUT2D eigenvalue weighted by atomic mass is 16.7. The highest BCUT2D eigenvalue weighted by molar-refractivity contribution is 5.69. The lowest BCUT2D eigenvalue weighted by molar-refractivity contribution is -0.299. The second-order valence-corrected chi connectivity index (χ2v) is 11.4. The van der Waals surface area contributed by atoms with Gasteiger partial charge in [-0.15, -0.1) is 0 Å². The van der Waals surface area contributed by atoms with Crippen molar-refractivity contribution in [3.05, 3.63) is 29.6 Å². The summed E-state index contributed by atoms with van der Waals surface area (Å²) in [6.07, 6.45) is -12.3. The van der Waals surface area contributed by atoms with Gasteiger partial charge in [0.15, 0.2) is 24.4 Å². The van der Waals surface area contributed by atoms with Crippen molar-refractivity contribution in [2.45, 2.75) is 103 Å². The Morgan fingerprint density at radius 3 is 1.64 bits per heavy atom. The highest BCUT2D eigenvalue weighted by Gasteiger charge is 2.61. The third-order valence-electron chi connectivity index (χ3n) is 7.42. The standard InChI is InChI=1S/C32H38N2O16/c1-14(35)42-12-23-25(28(45-17(4)38)30(46-18(5)39)26(49-23)22-10-21(11-33)8-9-34-22)29-32(48-20(7)41)31(47-19(6)40)27(44-16(3)37)24(50-29)13-43-15(2)36/h8-10,23-32H,12-13H2,1-7H3/t23-,24-,25-,26-,27+,28+,29?,30+,31+,32+/m1/s1. The molecule has 0 aliphatic carbocycles. The van der Waals surface area contributed by atoms with E-state index < -0.39 is 116 Å². The van der Waals surface area contributed by atoms with E-state index in [0.29, 0.717) is 0 Å². The Bertz CT molecular complexity index is 1510. The maximum absolute atomic E-state index is 12.7. The van der Waals surface area contributed by atoms with E-state index >= 15 is 0 Å². The van der Waals surface area contributed by atoms with Crippen LogP contribution in [0, 0.1) is 17.2 Å². The minimum atomic E-state index is -1.66. The molecule has 1 aromatic heterocycles. The summed E-state index contributed by atoms with van der Waals surface area (Å²) < 4.78 is 51.3. The number of esters is 7. The van der Waals surface area contributed by atoms with Crippen molar-refractivity contribution in [3.63, 3.8) is 0 Å². The molecule has 2 aliphatic heterocycles. The molecule has 50 heavy (non-hydrogen) atoms. The van der Waals surface area contributed by atoms with E-state index in [1.54, 1.807) is 0 Å². The Kier molecular flexibility index (Phi) is 13.7. The molecule has 3 heterocycles. The van der Waals surface area contributed by atoms with E-state index in [2.05, 4.69) is 4.98 Å². The first-order valence-corrected chi connectivity index (χ1v) is 15.3. The molecule has 2 fully saturated rings. The Hall–Kier alpha value is -5.15. The minimum absolute atomic E-state index is 0.0697. The van der Waals surface area contributed by atoms with Gasteiger partial charge in [-0.1, -0.05) is 0 Å². The Morgan fingerprint density at radius 1 is 0.640 bits per heavy atom. The van der Waals surface area contributed by atoms with Crippen LogP contribution in [0.2, 0.25) is 0 Å². The van der Waals surface area contributed by atoms with Crippen LogP contribution in [-0.2, 0) is 76.2 Å². The summed E-state index contributed by atoms with van der Waals surface area (Å²) >= 11 is 0. The fourth-order valence-corrected chi connectivity index (χ4v) is 5.85. The normalized spacial score (nSPS) is 28.8. The molecule has 0 amide bonds. The van der Waals surface area contributed by atoms with Gasteiger partial charge >= 0.3 is 41.8 Å². The van der Waals surface area contributed by atoms with Gasteiger partial charge in [0.25, 0.3) is 0 Å². The second kappa shape index (κ2) is 17.5. The van der Waals surface area contributed by atoms with Crippen molar-refractivity contribution < 1.29 is 76.2 Å². The van der Waals surface area contributed by atoms with E-state index in [-0.39, 0.29) is 11.3 Å². The molecule has 2 saturated heterocycles. The molecule has 0 aromatic carbocycles. The van der Waals surface area contributed by atoms with Gasteiger partial charge in [0, 0.05) is 54.7 Å². The number of hydrogen-bond donors (Lipinski definition) is 0. The lowest BCUT2D eigenvalue weighted by Crippen LogP contribution is -2.69. The van der Waals surface area contributed by atoms with Gasteiger partial charge in [-0.3, -0.25) is 38.5 Å². The van der Waals surface area contributed by atoms with Crippen LogP contribution >= 0.6 is 0 Å². The van der Waals surface area contributed by atoms with Crippen LogP contribution in [-0.4, -0.2) is 109 Å². The third kappa shape index (κ3) is 10.4. The summed E-state index contributed by atoms with van der Waals surface area (Å²) in [6.45, 7) is 6.38. The SMILES string of the molecule is CC(=O)OC[C@H]1OC([C@H]2[C@H](OC(C)=O)[C@@H](OC(C)=O)[C@@H](c3cc(C#N)ccn3)O[C@@H]2COC(C)=O)[C@H](OC(C)=O)[C@@H](OC(C)=O)[C@H]1OC(C)=O. The van der Waals surface area contributed by atoms with Crippen LogP contribution in [0.5, 0.6) is 0 Å². The van der Waals surface area contributed by atoms with Gasteiger partial charge in [-0.25, -0.2) is 0 Å². The summed E-state index contributed by atoms with van der Waals surface area (Å²) in [6, 6.07) is 4.73. The molecule has 0 bridgehead atoms. The van der Waals surface area contributed by atoms with Gasteiger partial charge in [0.05, 0.1) is 23.2 Å². The Labute approximate surface area is 286 Å². The average Bonchev–Trinajstić information content (AvgIpc) is 3.01. The maximum atomic E-state index is 12.7. The molecule has 1 unspecified atom stereocenters. The first kappa shape index (κ1) is 39.3. The van der Waals surface area contributed by atoms with E-state index in [9.17, 15) is 38.8 Å². The summed E-state index contributed by atoms with van der Waals surface area (Å²) in [5, 5.41) is 9.53. The predicted octanol–water partition coefficient (Wildman–Crippen LogP) is 0.561. The monoisotopic (exact) mass is 706 g/mol. The lowest BCUT2D eigenvalue weighted by atomic mass is 9.76. The topological polar surface area (TPSA) is 239 Å². The molecular weight excluding hydrogens is 668 g/mol. The van der Waals surface area contributed by atoms with Crippen LogP contribution in [0.1, 0.15) is 65.8 Å². The van der Waals surface area contributed by atoms with Gasteiger partial charge in [-0.05, 0) is 12.1 Å². The maximum Gasteiger partial charge on any atom is 0.303 e. The number of ether oxygens (including phenoxy) is 9. The molecule has 18 heteroatoms. The molecule has 272 valence electrons. The van der Waals surface area contributed by atoms with Gasteiger partial charge in [-0.2, -0.15) is 5.26 Å². The molecular formula is C32H38N2O16. The number of pyridine rings is 1. The van der Waals surface area contributed by atoms with Crippen LogP contribution in [0.3, 0.4) is 0 Å². The third-order valence-corrected chi connectivity index (χ3v) is 7.42. The summed E-state index contributed by atoms with van der Waals surface area (Å²) in [7, 11) is 0. The van der Waals surface area contributed by atoms with Crippen LogP contribution in [0.25, 0.3) is 0 Å². The fraction of sp³-hybridized carbons (Fsp3) is 0.594. The number of nitriles is 1.